The number of carbonyl (C=O) groups excluding carboxylic acids is 1. The standard InChI is InChI=1S/C13H23N3O3/c1-8(14-11(17)19-13(5,6)7)9-15-16-10(18-9)12(2,3)4/h8H,1-7H3,(H,14,17)/t8-/m0/s1. The smallest absolute Gasteiger partial charge is 0.408 e. The second-order valence-corrected chi connectivity index (χ2v) is 6.56. The summed E-state index contributed by atoms with van der Waals surface area (Å²) in [5.41, 5.74) is -0.744. The van der Waals surface area contributed by atoms with Gasteiger partial charge in [0.15, 0.2) is 0 Å². The zero-order valence-corrected chi connectivity index (χ0v) is 12.7. The average molecular weight is 269 g/mol. The molecule has 6 nitrogen and oxygen atoms in total. The van der Waals surface area contributed by atoms with Gasteiger partial charge in [-0.2, -0.15) is 0 Å². The lowest BCUT2D eigenvalue weighted by Gasteiger charge is -2.20. The maximum absolute atomic E-state index is 11.6. The number of ether oxygens (including phenoxy) is 1. The number of nitrogens with one attached hydrogen (secondary N) is 1. The number of nitrogens with zero attached hydrogens (tertiary/aromatic N) is 2. The molecule has 1 amide bonds. The highest BCUT2D eigenvalue weighted by Crippen LogP contribution is 2.22. The molecule has 0 bridgehead atoms. The number of aromatic nitrogens is 2. The minimum Gasteiger partial charge on any atom is -0.444 e. The Balaban J connectivity index is 2.66. The highest BCUT2D eigenvalue weighted by atomic mass is 16.6. The number of hydrogen-bond donors (Lipinski definition) is 1. The van der Waals surface area contributed by atoms with Crippen molar-refractivity contribution in [3.8, 4) is 0 Å². The Morgan fingerprint density at radius 2 is 1.79 bits per heavy atom. The van der Waals surface area contributed by atoms with Crippen LogP contribution >= 0.6 is 0 Å². The van der Waals surface area contributed by atoms with E-state index in [4.69, 9.17) is 9.15 Å². The van der Waals surface area contributed by atoms with Gasteiger partial charge in [0.1, 0.15) is 11.6 Å². The normalized spacial score (nSPS) is 14.1. The summed E-state index contributed by atoms with van der Waals surface area (Å²) in [4.78, 5) is 11.6. The van der Waals surface area contributed by atoms with E-state index >= 15 is 0 Å². The van der Waals surface area contributed by atoms with Crippen LogP contribution in [0.1, 0.15) is 66.3 Å². The summed E-state index contributed by atoms with van der Waals surface area (Å²) in [6.45, 7) is 13.1. The zero-order valence-electron chi connectivity index (χ0n) is 12.7. The number of alkyl carbamates (subject to hydrolysis) is 1. The van der Waals surface area contributed by atoms with Crippen molar-refractivity contribution in [3.63, 3.8) is 0 Å². The topological polar surface area (TPSA) is 77.2 Å². The monoisotopic (exact) mass is 269 g/mol. The van der Waals surface area contributed by atoms with Gasteiger partial charge in [-0.15, -0.1) is 10.2 Å². The van der Waals surface area contributed by atoms with Gasteiger partial charge in [0.2, 0.25) is 11.8 Å². The van der Waals surface area contributed by atoms with E-state index in [1.54, 1.807) is 6.92 Å². The largest absolute Gasteiger partial charge is 0.444 e. The first-order valence-corrected chi connectivity index (χ1v) is 6.32. The van der Waals surface area contributed by atoms with Crippen LogP contribution in [0.15, 0.2) is 4.42 Å². The van der Waals surface area contributed by atoms with Crippen LogP contribution in [-0.2, 0) is 10.2 Å². The van der Waals surface area contributed by atoms with Crippen molar-refractivity contribution in [1.29, 1.82) is 0 Å². The van der Waals surface area contributed by atoms with Gasteiger partial charge in [0.25, 0.3) is 0 Å². The van der Waals surface area contributed by atoms with Gasteiger partial charge < -0.3 is 14.5 Å². The van der Waals surface area contributed by atoms with Crippen molar-refractivity contribution >= 4 is 6.09 Å². The Hall–Kier alpha value is -1.59. The lowest BCUT2D eigenvalue weighted by Crippen LogP contribution is -2.34. The van der Waals surface area contributed by atoms with Crippen molar-refractivity contribution < 1.29 is 13.9 Å². The number of amides is 1. The molecule has 0 aliphatic heterocycles. The van der Waals surface area contributed by atoms with Gasteiger partial charge in [-0.05, 0) is 27.7 Å². The van der Waals surface area contributed by atoms with Crippen LogP contribution in [0, 0.1) is 0 Å². The van der Waals surface area contributed by atoms with Gasteiger partial charge in [0.05, 0.1) is 0 Å². The lowest BCUT2D eigenvalue weighted by molar-refractivity contribution is 0.0500. The van der Waals surface area contributed by atoms with Crippen LogP contribution < -0.4 is 5.32 Å². The molecule has 19 heavy (non-hydrogen) atoms. The fourth-order valence-electron chi connectivity index (χ4n) is 1.26. The van der Waals surface area contributed by atoms with E-state index in [1.807, 2.05) is 41.5 Å². The molecule has 0 spiro atoms. The number of carbonyl (C=O) groups is 1. The first-order valence-electron chi connectivity index (χ1n) is 6.32. The Morgan fingerprint density at radius 3 is 2.21 bits per heavy atom. The second kappa shape index (κ2) is 5.19. The molecule has 0 saturated carbocycles. The zero-order chi connectivity index (χ0) is 14.8. The molecule has 0 aliphatic carbocycles. The lowest BCUT2D eigenvalue weighted by atomic mass is 9.97. The van der Waals surface area contributed by atoms with Gasteiger partial charge >= 0.3 is 6.09 Å². The molecule has 1 aromatic heterocycles. The van der Waals surface area contributed by atoms with E-state index in [2.05, 4.69) is 15.5 Å². The predicted octanol–water partition coefficient (Wildman–Crippen LogP) is 2.95. The first kappa shape index (κ1) is 15.5. The summed E-state index contributed by atoms with van der Waals surface area (Å²) in [7, 11) is 0. The molecule has 1 rings (SSSR count). The van der Waals surface area contributed by atoms with Crippen molar-refractivity contribution in [2.45, 2.75) is 65.5 Å². The van der Waals surface area contributed by atoms with Crippen LogP contribution in [-0.4, -0.2) is 21.9 Å². The van der Waals surface area contributed by atoms with Crippen molar-refractivity contribution in [2.75, 3.05) is 0 Å². The predicted molar refractivity (Wildman–Crippen MR) is 70.8 cm³/mol. The molecule has 0 aromatic carbocycles. The van der Waals surface area contributed by atoms with E-state index in [9.17, 15) is 4.79 Å². The van der Waals surface area contributed by atoms with Gasteiger partial charge in [-0.3, -0.25) is 0 Å². The number of hydrogen-bond acceptors (Lipinski definition) is 5. The van der Waals surface area contributed by atoms with E-state index < -0.39 is 17.7 Å². The third kappa shape index (κ3) is 4.89. The first-order chi connectivity index (χ1) is 8.49. The van der Waals surface area contributed by atoms with Crippen LogP contribution in [0.2, 0.25) is 0 Å². The highest BCUT2D eigenvalue weighted by Gasteiger charge is 2.25. The molecule has 1 atom stereocenters. The Bertz CT molecular complexity index is 441. The summed E-state index contributed by atoms with van der Waals surface area (Å²) in [5.74, 6) is 0.913. The molecule has 0 aliphatic rings. The fourth-order valence-corrected chi connectivity index (χ4v) is 1.26. The van der Waals surface area contributed by atoms with E-state index in [0.29, 0.717) is 11.8 Å². The molecule has 6 heteroatoms. The summed E-state index contributed by atoms with van der Waals surface area (Å²) in [5, 5.41) is 10.6. The SMILES string of the molecule is C[C@H](NC(=O)OC(C)(C)C)c1nnc(C(C)(C)C)o1. The second-order valence-electron chi connectivity index (χ2n) is 6.56. The van der Waals surface area contributed by atoms with Crippen LogP contribution in [0.25, 0.3) is 0 Å². The molecule has 1 N–H and O–H groups in total. The van der Waals surface area contributed by atoms with Gasteiger partial charge in [-0.25, -0.2) is 4.79 Å². The summed E-state index contributed by atoms with van der Waals surface area (Å²) < 4.78 is 10.7. The third-order valence-corrected chi connectivity index (χ3v) is 2.19. The molecule has 1 aromatic rings. The minimum absolute atomic E-state index is 0.211. The maximum Gasteiger partial charge on any atom is 0.408 e. The molecule has 0 unspecified atom stereocenters. The van der Waals surface area contributed by atoms with Crippen molar-refractivity contribution in [2.24, 2.45) is 0 Å². The average Bonchev–Trinajstić information content (AvgIpc) is 2.61. The van der Waals surface area contributed by atoms with Gasteiger partial charge in [-0.1, -0.05) is 20.8 Å². The Labute approximate surface area is 113 Å². The van der Waals surface area contributed by atoms with Crippen LogP contribution in [0.4, 0.5) is 4.79 Å². The van der Waals surface area contributed by atoms with Crippen LogP contribution in [0.5, 0.6) is 0 Å². The fraction of sp³-hybridized carbons (Fsp3) is 0.769. The number of rotatable bonds is 2. The van der Waals surface area contributed by atoms with E-state index in [1.165, 1.54) is 0 Å². The van der Waals surface area contributed by atoms with Gasteiger partial charge in [0, 0.05) is 5.41 Å². The highest BCUT2D eigenvalue weighted by molar-refractivity contribution is 5.68. The van der Waals surface area contributed by atoms with Crippen molar-refractivity contribution in [1.82, 2.24) is 15.5 Å². The van der Waals surface area contributed by atoms with Crippen molar-refractivity contribution in [3.05, 3.63) is 11.8 Å². The Kier molecular flexibility index (Phi) is 4.22. The molecule has 0 fully saturated rings. The minimum atomic E-state index is -0.533. The van der Waals surface area contributed by atoms with Crippen LogP contribution in [0.3, 0.4) is 0 Å². The molecular weight excluding hydrogens is 246 g/mol. The molecule has 0 radical (unpaired) electrons. The quantitative estimate of drug-likeness (QED) is 0.893. The maximum atomic E-state index is 11.6. The van der Waals surface area contributed by atoms with E-state index in [-0.39, 0.29) is 5.41 Å². The summed E-state index contributed by atoms with van der Waals surface area (Å²) in [6, 6.07) is -0.390. The van der Waals surface area contributed by atoms with E-state index in [0.717, 1.165) is 0 Å². The molecule has 108 valence electrons. The third-order valence-electron chi connectivity index (χ3n) is 2.19. The summed E-state index contributed by atoms with van der Waals surface area (Å²) in [6.07, 6.45) is -0.504. The molecule has 0 saturated heterocycles. The summed E-state index contributed by atoms with van der Waals surface area (Å²) >= 11 is 0. The molecule has 1 heterocycles. The Morgan fingerprint density at radius 1 is 1.21 bits per heavy atom. The molecular formula is C13H23N3O3.